The molecule has 0 fully saturated rings. The highest BCUT2D eigenvalue weighted by Crippen LogP contribution is 2.51. The van der Waals surface area contributed by atoms with Crippen LogP contribution >= 0.6 is 0 Å². The fourth-order valence-corrected chi connectivity index (χ4v) is 9.40. The minimum Gasteiger partial charge on any atom is -0.0622 e. The maximum atomic E-state index is 2.46. The molecular formula is C55H38. The number of benzene rings is 10. The summed E-state index contributed by atoms with van der Waals surface area (Å²) in [6.45, 7) is 4.77. The summed E-state index contributed by atoms with van der Waals surface area (Å²) in [6, 6.07) is 72.3. The second-order valence-corrected chi connectivity index (χ2v) is 15.7. The fourth-order valence-electron chi connectivity index (χ4n) is 9.40. The first-order valence-corrected chi connectivity index (χ1v) is 19.3. The van der Waals surface area contributed by atoms with Gasteiger partial charge in [0.2, 0.25) is 0 Å². The van der Waals surface area contributed by atoms with Crippen molar-refractivity contribution in [3.63, 3.8) is 0 Å². The fraction of sp³-hybridized carbons (Fsp3) is 0.0545. The Hall–Kier alpha value is -6.76. The van der Waals surface area contributed by atoms with Crippen LogP contribution in [0.4, 0.5) is 0 Å². The van der Waals surface area contributed by atoms with E-state index in [9.17, 15) is 0 Å². The molecule has 10 aromatic rings. The zero-order chi connectivity index (χ0) is 36.7. The smallest absolute Gasteiger partial charge is 0.0159 e. The lowest BCUT2D eigenvalue weighted by molar-refractivity contribution is 0.661. The molecule has 1 aliphatic rings. The molecular weight excluding hydrogens is 661 g/mol. The molecule has 1 aliphatic carbocycles. The monoisotopic (exact) mass is 698 g/mol. The average Bonchev–Trinajstić information content (AvgIpc) is 3.47. The Labute approximate surface area is 322 Å². The number of hydrogen-bond donors (Lipinski definition) is 0. The predicted molar refractivity (Wildman–Crippen MR) is 236 cm³/mol. The van der Waals surface area contributed by atoms with Gasteiger partial charge in [-0.25, -0.2) is 0 Å². The van der Waals surface area contributed by atoms with Gasteiger partial charge < -0.3 is 0 Å². The Morgan fingerprint density at radius 3 is 1.27 bits per heavy atom. The third-order valence-electron chi connectivity index (χ3n) is 12.2. The molecule has 0 nitrogen and oxygen atoms in total. The maximum absolute atomic E-state index is 2.46. The summed E-state index contributed by atoms with van der Waals surface area (Å²) in [7, 11) is 0. The van der Waals surface area contributed by atoms with E-state index in [1.165, 1.54) is 110 Å². The zero-order valence-electron chi connectivity index (χ0n) is 31.0. The lowest BCUT2D eigenvalue weighted by atomic mass is 9.80. The maximum Gasteiger partial charge on any atom is 0.0159 e. The van der Waals surface area contributed by atoms with Crippen LogP contribution in [-0.4, -0.2) is 0 Å². The third kappa shape index (κ3) is 4.99. The van der Waals surface area contributed by atoms with E-state index in [2.05, 4.69) is 208 Å². The van der Waals surface area contributed by atoms with Gasteiger partial charge in [-0.1, -0.05) is 178 Å². The van der Waals surface area contributed by atoms with Crippen molar-refractivity contribution in [3.8, 4) is 55.6 Å². The first-order valence-electron chi connectivity index (χ1n) is 19.3. The van der Waals surface area contributed by atoms with Crippen molar-refractivity contribution in [2.75, 3.05) is 0 Å². The second kappa shape index (κ2) is 12.1. The molecule has 0 N–H and O–H groups in total. The van der Waals surface area contributed by atoms with E-state index in [0.29, 0.717) is 0 Å². The number of rotatable bonds is 4. The molecule has 0 amide bonds. The SMILES string of the molecule is CC1(C)c2cc(-c3ccccc3)ccc2-c2ccc(-c3ccc4c(-c5ccc6ccccc6c5)c5ccccc5c(-c5ccc6ccccc6c5)c4c3)cc21. The van der Waals surface area contributed by atoms with E-state index in [1.807, 2.05) is 0 Å². The molecule has 0 aliphatic heterocycles. The topological polar surface area (TPSA) is 0 Å². The molecule has 0 saturated heterocycles. The van der Waals surface area contributed by atoms with Gasteiger partial charge in [0.15, 0.2) is 0 Å². The molecule has 11 rings (SSSR count). The first kappa shape index (κ1) is 31.7. The summed E-state index contributed by atoms with van der Waals surface area (Å²) in [4.78, 5) is 0. The van der Waals surface area contributed by atoms with E-state index in [-0.39, 0.29) is 5.41 Å². The largest absolute Gasteiger partial charge is 0.0622 e. The zero-order valence-corrected chi connectivity index (χ0v) is 31.0. The van der Waals surface area contributed by atoms with Crippen molar-refractivity contribution in [1.82, 2.24) is 0 Å². The van der Waals surface area contributed by atoms with Gasteiger partial charge in [0, 0.05) is 5.41 Å². The van der Waals surface area contributed by atoms with E-state index in [4.69, 9.17) is 0 Å². The highest BCUT2D eigenvalue weighted by Gasteiger charge is 2.36. The van der Waals surface area contributed by atoms with E-state index in [1.54, 1.807) is 0 Å². The van der Waals surface area contributed by atoms with Gasteiger partial charge in [0.1, 0.15) is 0 Å². The summed E-state index contributed by atoms with van der Waals surface area (Å²) in [5, 5.41) is 10.1. The highest BCUT2D eigenvalue weighted by molar-refractivity contribution is 6.22. The summed E-state index contributed by atoms with van der Waals surface area (Å²) in [5.74, 6) is 0. The molecule has 0 aromatic heterocycles. The van der Waals surface area contributed by atoms with Gasteiger partial charge in [-0.3, -0.25) is 0 Å². The molecule has 0 atom stereocenters. The van der Waals surface area contributed by atoms with Gasteiger partial charge in [-0.05, 0) is 140 Å². The summed E-state index contributed by atoms with van der Waals surface area (Å²) in [6.07, 6.45) is 0. The Kier molecular flexibility index (Phi) is 7.00. The van der Waals surface area contributed by atoms with Crippen LogP contribution < -0.4 is 0 Å². The molecule has 0 unspecified atom stereocenters. The predicted octanol–water partition coefficient (Wildman–Crippen LogP) is 15.3. The van der Waals surface area contributed by atoms with E-state index >= 15 is 0 Å². The van der Waals surface area contributed by atoms with Crippen molar-refractivity contribution < 1.29 is 0 Å². The van der Waals surface area contributed by atoms with E-state index in [0.717, 1.165) is 0 Å². The van der Waals surface area contributed by atoms with Gasteiger partial charge in [-0.15, -0.1) is 0 Å². The lowest BCUT2D eigenvalue weighted by Crippen LogP contribution is -2.15. The summed E-state index contributed by atoms with van der Waals surface area (Å²) >= 11 is 0. The number of hydrogen-bond acceptors (Lipinski definition) is 0. The first-order chi connectivity index (χ1) is 27.0. The van der Waals surface area contributed by atoms with Gasteiger partial charge in [0.25, 0.3) is 0 Å². The Morgan fingerprint density at radius 2 is 0.691 bits per heavy atom. The highest BCUT2D eigenvalue weighted by atomic mass is 14.4. The molecule has 0 heteroatoms. The second-order valence-electron chi connectivity index (χ2n) is 15.7. The Morgan fingerprint density at radius 1 is 0.273 bits per heavy atom. The van der Waals surface area contributed by atoms with Crippen molar-refractivity contribution >= 4 is 43.1 Å². The minimum atomic E-state index is -0.127. The third-order valence-corrected chi connectivity index (χ3v) is 12.2. The Balaban J connectivity index is 1.14. The Bertz CT molecular complexity index is 3160. The van der Waals surface area contributed by atoms with Crippen LogP contribution in [0, 0.1) is 0 Å². The van der Waals surface area contributed by atoms with Crippen LogP contribution in [0.5, 0.6) is 0 Å². The molecule has 10 aromatic carbocycles. The van der Waals surface area contributed by atoms with Crippen LogP contribution in [-0.2, 0) is 5.41 Å². The molecule has 0 radical (unpaired) electrons. The molecule has 0 spiro atoms. The van der Waals surface area contributed by atoms with Crippen LogP contribution in [0.1, 0.15) is 25.0 Å². The molecule has 258 valence electrons. The standard InChI is InChI=1S/C55H38/c1-55(2)51-33-41(35-12-4-3-5-13-35)24-27-45(51)46-28-25-42(34-52(46)55)40-26-29-49-50(32-40)54(44-23-21-37-15-7-9-17-39(37)31-44)48-19-11-10-18-47(48)53(49)43-22-20-36-14-6-8-16-38(36)30-43/h3-34H,1-2H3. The normalized spacial score (nSPS) is 13.1. The molecule has 0 saturated carbocycles. The van der Waals surface area contributed by atoms with Crippen LogP contribution in [0.25, 0.3) is 98.7 Å². The molecule has 0 heterocycles. The van der Waals surface area contributed by atoms with Crippen molar-refractivity contribution in [2.45, 2.75) is 19.3 Å². The van der Waals surface area contributed by atoms with Gasteiger partial charge in [-0.2, -0.15) is 0 Å². The van der Waals surface area contributed by atoms with Crippen LogP contribution in [0.3, 0.4) is 0 Å². The van der Waals surface area contributed by atoms with E-state index < -0.39 is 0 Å². The molecule has 55 heavy (non-hydrogen) atoms. The molecule has 0 bridgehead atoms. The lowest BCUT2D eigenvalue weighted by Gasteiger charge is -2.23. The summed E-state index contributed by atoms with van der Waals surface area (Å²) in [5.41, 5.74) is 15.4. The van der Waals surface area contributed by atoms with Crippen molar-refractivity contribution in [2.24, 2.45) is 0 Å². The van der Waals surface area contributed by atoms with Crippen molar-refractivity contribution in [1.29, 1.82) is 0 Å². The minimum absolute atomic E-state index is 0.127. The van der Waals surface area contributed by atoms with Crippen LogP contribution in [0.2, 0.25) is 0 Å². The number of fused-ring (bicyclic) bond motifs is 7. The summed E-state index contributed by atoms with van der Waals surface area (Å²) < 4.78 is 0. The van der Waals surface area contributed by atoms with Crippen LogP contribution in [0.15, 0.2) is 194 Å². The van der Waals surface area contributed by atoms with Gasteiger partial charge >= 0.3 is 0 Å². The quantitative estimate of drug-likeness (QED) is 0.161. The van der Waals surface area contributed by atoms with Crippen molar-refractivity contribution in [3.05, 3.63) is 205 Å². The average molecular weight is 699 g/mol. The van der Waals surface area contributed by atoms with Gasteiger partial charge in [0.05, 0.1) is 0 Å².